The van der Waals surface area contributed by atoms with Crippen LogP contribution in [0.2, 0.25) is 0 Å². The topological polar surface area (TPSA) is 80.6 Å². The number of aromatic nitrogens is 3. The molecule has 2 amide bonds. The van der Waals surface area contributed by atoms with E-state index in [1.807, 2.05) is 23.0 Å². The molecule has 2 aromatic rings. The van der Waals surface area contributed by atoms with Crippen LogP contribution >= 0.6 is 0 Å². The molecule has 8 heteroatoms. The first kappa shape index (κ1) is 19.6. The Kier molecular flexibility index (Phi) is 5.89. The molecule has 0 saturated carbocycles. The van der Waals surface area contributed by atoms with Crippen LogP contribution < -0.4 is 0 Å². The highest BCUT2D eigenvalue weighted by Gasteiger charge is 2.28. The summed E-state index contributed by atoms with van der Waals surface area (Å²) in [4.78, 5) is 33.3. The number of aryl methyl sites for hydroxylation is 1. The zero-order valence-corrected chi connectivity index (χ0v) is 16.8. The molecular weight excluding hydrogens is 370 g/mol. The Morgan fingerprint density at radius 2 is 1.83 bits per heavy atom. The first-order valence-corrected chi connectivity index (χ1v) is 10.2. The van der Waals surface area contributed by atoms with Gasteiger partial charge in [-0.25, -0.2) is 0 Å². The summed E-state index contributed by atoms with van der Waals surface area (Å²) in [6.45, 7) is 3.87. The van der Waals surface area contributed by atoms with Gasteiger partial charge in [0.25, 0.3) is 11.8 Å². The number of ether oxygens (including phenoxy) is 1. The van der Waals surface area contributed by atoms with Gasteiger partial charge in [-0.1, -0.05) is 0 Å². The van der Waals surface area contributed by atoms with Gasteiger partial charge in [-0.15, -0.1) is 0 Å². The summed E-state index contributed by atoms with van der Waals surface area (Å²) < 4.78 is 7.08. The summed E-state index contributed by atoms with van der Waals surface area (Å²) in [5, 5.41) is 4.57. The van der Waals surface area contributed by atoms with Crippen LogP contribution in [0, 0.1) is 5.92 Å². The molecule has 2 aliphatic rings. The predicted molar refractivity (Wildman–Crippen MR) is 106 cm³/mol. The molecule has 4 heterocycles. The molecule has 0 aliphatic carbocycles. The van der Waals surface area contributed by atoms with Crippen molar-refractivity contribution in [2.45, 2.75) is 19.3 Å². The number of likely N-dealkylation sites (tertiary alicyclic amines) is 1. The van der Waals surface area contributed by atoms with Gasteiger partial charge in [0.05, 0.1) is 30.0 Å². The molecule has 0 aromatic carbocycles. The van der Waals surface area contributed by atoms with Crippen molar-refractivity contribution in [1.82, 2.24) is 24.6 Å². The van der Waals surface area contributed by atoms with Crippen LogP contribution in [0.3, 0.4) is 0 Å². The summed E-state index contributed by atoms with van der Waals surface area (Å²) in [5.41, 5.74) is 2.19. The molecule has 0 N–H and O–H groups in total. The third-order valence-electron chi connectivity index (χ3n) is 5.73. The number of rotatable bonds is 4. The molecule has 0 atom stereocenters. The lowest BCUT2D eigenvalue weighted by atomic mass is 9.90. The van der Waals surface area contributed by atoms with Crippen molar-refractivity contribution in [2.75, 3.05) is 39.4 Å². The minimum atomic E-state index is 0.0394. The highest BCUT2D eigenvalue weighted by atomic mass is 16.5. The van der Waals surface area contributed by atoms with Crippen LogP contribution in [-0.4, -0.2) is 75.8 Å². The maximum atomic E-state index is 12.9. The molecule has 0 unspecified atom stereocenters. The Hall–Kier alpha value is -2.74. The normalized spacial score (nSPS) is 18.1. The summed E-state index contributed by atoms with van der Waals surface area (Å²) >= 11 is 0. The Bertz CT molecular complexity index is 852. The molecule has 154 valence electrons. The van der Waals surface area contributed by atoms with Crippen LogP contribution in [0.1, 0.15) is 39.3 Å². The van der Waals surface area contributed by atoms with Crippen molar-refractivity contribution < 1.29 is 14.3 Å². The number of pyridine rings is 1. The van der Waals surface area contributed by atoms with Crippen molar-refractivity contribution in [2.24, 2.45) is 13.0 Å². The Morgan fingerprint density at radius 1 is 1.10 bits per heavy atom. The molecule has 2 fully saturated rings. The van der Waals surface area contributed by atoms with E-state index in [1.54, 1.807) is 29.2 Å². The molecule has 0 bridgehead atoms. The Morgan fingerprint density at radius 3 is 2.52 bits per heavy atom. The van der Waals surface area contributed by atoms with E-state index in [1.165, 1.54) is 0 Å². The van der Waals surface area contributed by atoms with E-state index in [2.05, 4.69) is 10.1 Å². The van der Waals surface area contributed by atoms with Gasteiger partial charge in [-0.3, -0.25) is 19.3 Å². The minimum absolute atomic E-state index is 0.0394. The van der Waals surface area contributed by atoms with E-state index in [-0.39, 0.29) is 11.8 Å². The van der Waals surface area contributed by atoms with Gasteiger partial charge in [-0.05, 0) is 37.3 Å². The Balaban J connectivity index is 1.37. The number of piperidine rings is 1. The molecule has 0 spiro atoms. The smallest absolute Gasteiger partial charge is 0.257 e. The largest absolute Gasteiger partial charge is 0.378 e. The fourth-order valence-corrected chi connectivity index (χ4v) is 4.09. The molecule has 2 saturated heterocycles. The predicted octanol–water partition coefficient (Wildman–Crippen LogP) is 1.38. The van der Waals surface area contributed by atoms with Crippen LogP contribution in [0.15, 0.2) is 30.7 Å². The fourth-order valence-electron chi connectivity index (χ4n) is 4.09. The number of carbonyl (C=O) groups excluding carboxylic acids is 2. The minimum Gasteiger partial charge on any atom is -0.378 e. The summed E-state index contributed by atoms with van der Waals surface area (Å²) in [6.07, 6.45) is 7.70. The molecule has 2 aromatic heterocycles. The first-order valence-electron chi connectivity index (χ1n) is 10.2. The van der Waals surface area contributed by atoms with Gasteiger partial charge in [0.15, 0.2) is 0 Å². The second-order valence-corrected chi connectivity index (χ2v) is 7.75. The van der Waals surface area contributed by atoms with E-state index in [0.29, 0.717) is 43.3 Å². The average molecular weight is 397 g/mol. The van der Waals surface area contributed by atoms with E-state index < -0.39 is 0 Å². The monoisotopic (exact) mass is 397 g/mol. The number of hydrogen-bond donors (Lipinski definition) is 0. The number of morpholine rings is 1. The molecule has 2 aliphatic heterocycles. The lowest BCUT2D eigenvalue weighted by Gasteiger charge is -2.32. The van der Waals surface area contributed by atoms with Gasteiger partial charge < -0.3 is 14.5 Å². The van der Waals surface area contributed by atoms with E-state index in [9.17, 15) is 9.59 Å². The second-order valence-electron chi connectivity index (χ2n) is 7.75. The zero-order valence-electron chi connectivity index (χ0n) is 16.8. The number of nitrogens with zero attached hydrogens (tertiary/aromatic N) is 5. The SMILES string of the molecule is Cn1cc(C(=O)N2CCOCC2)c(CC2CCN(C(=O)c3cccnc3)CC2)n1. The third kappa shape index (κ3) is 4.48. The van der Waals surface area contributed by atoms with E-state index in [0.717, 1.165) is 38.0 Å². The van der Waals surface area contributed by atoms with Crippen LogP contribution in [0.25, 0.3) is 0 Å². The zero-order chi connectivity index (χ0) is 20.2. The van der Waals surface area contributed by atoms with E-state index >= 15 is 0 Å². The molecule has 4 rings (SSSR count). The van der Waals surface area contributed by atoms with Gasteiger partial charge >= 0.3 is 0 Å². The molecular formula is C21H27N5O3. The third-order valence-corrected chi connectivity index (χ3v) is 5.73. The van der Waals surface area contributed by atoms with Crippen molar-refractivity contribution in [3.8, 4) is 0 Å². The van der Waals surface area contributed by atoms with Gasteiger partial charge in [0.1, 0.15) is 0 Å². The number of hydrogen-bond acceptors (Lipinski definition) is 5. The summed E-state index contributed by atoms with van der Waals surface area (Å²) in [6, 6.07) is 3.59. The van der Waals surface area contributed by atoms with E-state index in [4.69, 9.17) is 4.74 Å². The van der Waals surface area contributed by atoms with Gasteiger partial charge in [-0.2, -0.15) is 5.10 Å². The standard InChI is InChI=1S/C21H27N5O3/c1-24-15-18(21(28)26-9-11-29-12-10-26)19(23-24)13-16-4-7-25(8-5-16)20(27)17-3-2-6-22-14-17/h2-3,6,14-16H,4-5,7-13H2,1H3. The lowest BCUT2D eigenvalue weighted by molar-refractivity contribution is 0.0302. The quantitative estimate of drug-likeness (QED) is 0.779. The number of carbonyl (C=O) groups is 2. The highest BCUT2D eigenvalue weighted by molar-refractivity contribution is 5.95. The summed E-state index contributed by atoms with van der Waals surface area (Å²) in [7, 11) is 1.86. The van der Waals surface area contributed by atoms with Crippen LogP contribution in [0.4, 0.5) is 0 Å². The van der Waals surface area contributed by atoms with Crippen LogP contribution in [-0.2, 0) is 18.2 Å². The van der Waals surface area contributed by atoms with Crippen molar-refractivity contribution in [3.63, 3.8) is 0 Å². The van der Waals surface area contributed by atoms with Gasteiger partial charge in [0.2, 0.25) is 0 Å². The maximum absolute atomic E-state index is 12.9. The van der Waals surface area contributed by atoms with Crippen LogP contribution in [0.5, 0.6) is 0 Å². The fraction of sp³-hybridized carbons (Fsp3) is 0.524. The van der Waals surface area contributed by atoms with Crippen molar-refractivity contribution >= 4 is 11.8 Å². The van der Waals surface area contributed by atoms with Gasteiger partial charge in [0, 0.05) is 51.8 Å². The second kappa shape index (κ2) is 8.73. The molecule has 8 nitrogen and oxygen atoms in total. The average Bonchev–Trinajstić information content (AvgIpc) is 3.14. The Labute approximate surface area is 170 Å². The highest BCUT2D eigenvalue weighted by Crippen LogP contribution is 2.24. The maximum Gasteiger partial charge on any atom is 0.257 e. The number of amides is 2. The lowest BCUT2D eigenvalue weighted by Crippen LogP contribution is -2.41. The first-order chi connectivity index (χ1) is 14.1. The summed E-state index contributed by atoms with van der Waals surface area (Å²) in [5.74, 6) is 0.497. The molecule has 0 radical (unpaired) electrons. The molecule has 29 heavy (non-hydrogen) atoms. The van der Waals surface area contributed by atoms with Crippen molar-refractivity contribution in [1.29, 1.82) is 0 Å². The van der Waals surface area contributed by atoms with Crippen molar-refractivity contribution in [3.05, 3.63) is 47.5 Å².